The molecule has 0 bridgehead atoms. The first-order valence-electron chi connectivity index (χ1n) is 9.56. The number of pyridine rings is 2. The minimum atomic E-state index is -0.288. The summed E-state index contributed by atoms with van der Waals surface area (Å²) in [5.41, 5.74) is 9.61. The number of ketones is 1. The van der Waals surface area contributed by atoms with Crippen molar-refractivity contribution in [3.63, 3.8) is 0 Å². The summed E-state index contributed by atoms with van der Waals surface area (Å²) in [5, 5.41) is 3.49. The molecule has 2 N–H and O–H groups in total. The number of carbonyl (C=O) groups is 1. The minimum Gasteiger partial charge on any atom is -0.383 e. The zero-order valence-corrected chi connectivity index (χ0v) is 17.4. The van der Waals surface area contributed by atoms with Gasteiger partial charge in [-0.1, -0.05) is 24.3 Å². The van der Waals surface area contributed by atoms with Crippen LogP contribution >= 0.6 is 15.9 Å². The second kappa shape index (κ2) is 8.61. The molecule has 3 heterocycles. The fourth-order valence-corrected chi connectivity index (χ4v) is 3.93. The lowest BCUT2D eigenvalue weighted by Crippen LogP contribution is -2.35. The van der Waals surface area contributed by atoms with E-state index in [-0.39, 0.29) is 17.2 Å². The van der Waals surface area contributed by atoms with Crippen LogP contribution in [0, 0.1) is 0 Å². The van der Waals surface area contributed by atoms with E-state index in [9.17, 15) is 4.79 Å². The zero-order chi connectivity index (χ0) is 20.2. The van der Waals surface area contributed by atoms with Crippen LogP contribution in [0.4, 0.5) is 17.3 Å². The van der Waals surface area contributed by atoms with Crippen molar-refractivity contribution in [2.45, 2.75) is 18.9 Å². The van der Waals surface area contributed by atoms with Crippen LogP contribution in [0.25, 0.3) is 0 Å². The van der Waals surface area contributed by atoms with E-state index in [2.05, 4.69) is 48.2 Å². The normalized spacial score (nSPS) is 16.0. The van der Waals surface area contributed by atoms with Gasteiger partial charge in [0.2, 0.25) is 5.78 Å². The van der Waals surface area contributed by atoms with Gasteiger partial charge in [-0.3, -0.25) is 10.5 Å². The van der Waals surface area contributed by atoms with E-state index in [0.29, 0.717) is 16.2 Å². The van der Waals surface area contributed by atoms with Crippen LogP contribution in [0.15, 0.2) is 65.3 Å². The SMILES string of the molecule is [NH]c1ncc(Br)cc1C(=O)c1cccc(N2CCC[C@@H]2CNc2ccccc2)n1. The molecular formula is C22H21BrN5O. The van der Waals surface area contributed by atoms with Gasteiger partial charge in [0, 0.05) is 35.5 Å². The van der Waals surface area contributed by atoms with Crippen molar-refractivity contribution in [3.05, 3.63) is 76.5 Å². The molecule has 0 saturated carbocycles. The number of benzene rings is 1. The number of para-hydroxylation sites is 1. The number of hydrogen-bond acceptors (Lipinski definition) is 5. The molecule has 3 aromatic rings. The second-order valence-electron chi connectivity index (χ2n) is 7.00. The van der Waals surface area contributed by atoms with Crippen LogP contribution in [-0.2, 0) is 0 Å². The number of nitrogens with zero attached hydrogens (tertiary/aromatic N) is 3. The summed E-state index contributed by atoms with van der Waals surface area (Å²) in [5.74, 6) is 0.461. The summed E-state index contributed by atoms with van der Waals surface area (Å²) in [4.78, 5) is 23.7. The van der Waals surface area contributed by atoms with Gasteiger partial charge in [0.25, 0.3) is 0 Å². The molecule has 1 radical (unpaired) electrons. The average Bonchev–Trinajstić information content (AvgIpc) is 3.23. The molecular weight excluding hydrogens is 430 g/mol. The van der Waals surface area contributed by atoms with Crippen LogP contribution in [-0.4, -0.2) is 34.9 Å². The lowest BCUT2D eigenvalue weighted by Gasteiger charge is -2.26. The van der Waals surface area contributed by atoms with Crippen LogP contribution in [0.1, 0.15) is 28.9 Å². The van der Waals surface area contributed by atoms with Gasteiger partial charge in [0.05, 0.1) is 5.56 Å². The number of hydrogen-bond donors (Lipinski definition) is 1. The Labute approximate surface area is 178 Å². The maximum atomic E-state index is 12.9. The molecule has 147 valence electrons. The van der Waals surface area contributed by atoms with Gasteiger partial charge in [-0.05, 0) is 59.1 Å². The molecule has 7 heteroatoms. The van der Waals surface area contributed by atoms with Gasteiger partial charge in [-0.2, -0.15) is 0 Å². The first-order valence-corrected chi connectivity index (χ1v) is 10.4. The van der Waals surface area contributed by atoms with Gasteiger partial charge in [0.1, 0.15) is 11.5 Å². The summed E-state index contributed by atoms with van der Waals surface area (Å²) < 4.78 is 0.666. The third-order valence-electron chi connectivity index (χ3n) is 5.05. The van der Waals surface area contributed by atoms with Crippen molar-refractivity contribution in [1.29, 1.82) is 0 Å². The van der Waals surface area contributed by atoms with Crippen molar-refractivity contribution in [1.82, 2.24) is 15.7 Å². The zero-order valence-electron chi connectivity index (χ0n) is 15.8. The molecule has 0 amide bonds. The first-order chi connectivity index (χ1) is 14.1. The van der Waals surface area contributed by atoms with Crippen molar-refractivity contribution in [3.8, 4) is 0 Å². The second-order valence-corrected chi connectivity index (χ2v) is 7.91. The molecule has 1 aliphatic rings. The lowest BCUT2D eigenvalue weighted by atomic mass is 10.1. The van der Waals surface area contributed by atoms with Crippen molar-refractivity contribution < 1.29 is 4.79 Å². The molecule has 2 aromatic heterocycles. The highest BCUT2D eigenvalue weighted by Gasteiger charge is 2.26. The van der Waals surface area contributed by atoms with Gasteiger partial charge in [-0.25, -0.2) is 9.97 Å². The van der Waals surface area contributed by atoms with Crippen molar-refractivity contribution in [2.75, 3.05) is 23.3 Å². The highest BCUT2D eigenvalue weighted by atomic mass is 79.9. The number of anilines is 2. The van der Waals surface area contributed by atoms with Crippen molar-refractivity contribution >= 4 is 39.0 Å². The Hall–Kier alpha value is -2.93. The minimum absolute atomic E-state index is 0.0449. The number of halogens is 1. The maximum Gasteiger partial charge on any atom is 0.215 e. The largest absolute Gasteiger partial charge is 0.383 e. The number of carbonyl (C=O) groups excluding carboxylic acids is 1. The topological polar surface area (TPSA) is 81.9 Å². The highest BCUT2D eigenvalue weighted by Crippen LogP contribution is 2.26. The van der Waals surface area contributed by atoms with Crippen LogP contribution in [0.5, 0.6) is 0 Å². The fraction of sp³-hybridized carbons (Fsp3) is 0.227. The molecule has 4 rings (SSSR count). The van der Waals surface area contributed by atoms with E-state index in [1.807, 2.05) is 30.3 Å². The molecule has 1 aromatic carbocycles. The molecule has 0 unspecified atom stereocenters. The Bertz CT molecular complexity index is 1010. The molecule has 0 spiro atoms. The van der Waals surface area contributed by atoms with Crippen LogP contribution < -0.4 is 16.0 Å². The standard InChI is InChI=1S/C22H21BrN5O/c23-15-12-18(22(24)26-13-15)21(29)19-9-4-10-20(27-19)28-11-5-8-17(28)14-25-16-6-2-1-3-7-16/h1-4,6-7,9-10,12-13,17,24-25H,5,8,11,14H2/t17-/m1/s1. The van der Waals surface area contributed by atoms with E-state index in [1.54, 1.807) is 12.1 Å². The van der Waals surface area contributed by atoms with Gasteiger partial charge < -0.3 is 10.2 Å². The summed E-state index contributed by atoms with van der Waals surface area (Å²) >= 11 is 3.32. The molecule has 1 aliphatic heterocycles. The maximum absolute atomic E-state index is 12.9. The van der Waals surface area contributed by atoms with Gasteiger partial charge >= 0.3 is 0 Å². The average molecular weight is 451 g/mol. The van der Waals surface area contributed by atoms with E-state index < -0.39 is 0 Å². The summed E-state index contributed by atoms with van der Waals surface area (Å²) in [6.07, 6.45) is 3.68. The lowest BCUT2D eigenvalue weighted by molar-refractivity contribution is 0.103. The Morgan fingerprint density at radius 2 is 2.03 bits per heavy atom. The predicted molar refractivity (Wildman–Crippen MR) is 118 cm³/mol. The Balaban J connectivity index is 1.53. The smallest absolute Gasteiger partial charge is 0.215 e. The third-order valence-corrected chi connectivity index (χ3v) is 5.49. The quantitative estimate of drug-likeness (QED) is 0.560. The first kappa shape index (κ1) is 19.4. The highest BCUT2D eigenvalue weighted by molar-refractivity contribution is 9.10. The Morgan fingerprint density at radius 1 is 1.21 bits per heavy atom. The fourth-order valence-electron chi connectivity index (χ4n) is 3.60. The third kappa shape index (κ3) is 4.40. The van der Waals surface area contributed by atoms with Crippen molar-refractivity contribution in [2.24, 2.45) is 0 Å². The number of aromatic nitrogens is 2. The molecule has 1 saturated heterocycles. The molecule has 1 atom stereocenters. The molecule has 6 nitrogen and oxygen atoms in total. The summed E-state index contributed by atoms with van der Waals surface area (Å²) in [6.45, 7) is 1.73. The summed E-state index contributed by atoms with van der Waals surface area (Å²) in [7, 11) is 0. The van der Waals surface area contributed by atoms with Gasteiger partial charge in [-0.15, -0.1) is 0 Å². The van der Waals surface area contributed by atoms with E-state index in [4.69, 9.17) is 5.73 Å². The molecule has 0 aliphatic carbocycles. The number of rotatable bonds is 6. The van der Waals surface area contributed by atoms with E-state index in [0.717, 1.165) is 37.4 Å². The predicted octanol–water partition coefficient (Wildman–Crippen LogP) is 4.47. The Kier molecular flexibility index (Phi) is 5.76. The van der Waals surface area contributed by atoms with Crippen LogP contribution in [0.3, 0.4) is 0 Å². The molecule has 1 fully saturated rings. The van der Waals surface area contributed by atoms with E-state index >= 15 is 0 Å². The number of nitrogens with one attached hydrogen (secondary N) is 2. The van der Waals surface area contributed by atoms with E-state index in [1.165, 1.54) is 6.20 Å². The van der Waals surface area contributed by atoms with Gasteiger partial charge in [0.15, 0.2) is 5.82 Å². The summed E-state index contributed by atoms with van der Waals surface area (Å²) in [6, 6.07) is 17.6. The molecule has 29 heavy (non-hydrogen) atoms. The van der Waals surface area contributed by atoms with Crippen LogP contribution in [0.2, 0.25) is 0 Å². The monoisotopic (exact) mass is 450 g/mol. The Morgan fingerprint density at radius 3 is 2.86 bits per heavy atom.